The van der Waals surface area contributed by atoms with Gasteiger partial charge in [-0.25, -0.2) is 0 Å². The summed E-state index contributed by atoms with van der Waals surface area (Å²) in [5.74, 6) is 1.97. The predicted molar refractivity (Wildman–Crippen MR) is 108 cm³/mol. The smallest absolute Gasteiger partial charge is 0.195 e. The van der Waals surface area contributed by atoms with Crippen LogP contribution in [0.1, 0.15) is 37.2 Å². The first kappa shape index (κ1) is 19.3. The molecule has 132 valence electrons. The van der Waals surface area contributed by atoms with Crippen molar-refractivity contribution in [3.8, 4) is 5.69 Å². The van der Waals surface area contributed by atoms with E-state index < -0.39 is 0 Å². The average molecular weight is 354 g/mol. The van der Waals surface area contributed by atoms with Crippen LogP contribution in [0.5, 0.6) is 0 Å². The van der Waals surface area contributed by atoms with Gasteiger partial charge in [0.2, 0.25) is 0 Å². The quantitative estimate of drug-likeness (QED) is 0.425. The molecule has 0 saturated carbocycles. The van der Waals surface area contributed by atoms with Crippen LogP contribution in [0.4, 0.5) is 0 Å². The summed E-state index contributed by atoms with van der Waals surface area (Å²) in [4.78, 5) is 0. The SMILES string of the molecule is CC.Cc1ccccc1CCCSc1nnc(C)n1-c1ccccc1. The summed E-state index contributed by atoms with van der Waals surface area (Å²) in [6.45, 7) is 8.18. The molecule has 3 rings (SSSR count). The van der Waals surface area contributed by atoms with Gasteiger partial charge in [0.1, 0.15) is 5.82 Å². The van der Waals surface area contributed by atoms with Crippen molar-refractivity contribution in [2.24, 2.45) is 0 Å². The summed E-state index contributed by atoms with van der Waals surface area (Å²) in [5, 5.41) is 9.54. The Morgan fingerprint density at radius 2 is 1.56 bits per heavy atom. The van der Waals surface area contributed by atoms with Crippen molar-refractivity contribution in [1.82, 2.24) is 14.8 Å². The average Bonchev–Trinajstić information content (AvgIpc) is 3.03. The Morgan fingerprint density at radius 3 is 2.28 bits per heavy atom. The number of aromatic nitrogens is 3. The standard InChI is InChI=1S/C19H21N3S.C2H6/c1-15-9-6-7-10-17(15)11-8-14-23-19-21-20-16(2)22(19)18-12-4-3-5-13-18;1-2/h3-7,9-10,12-13H,8,11,14H2,1-2H3;1-2H3. The minimum absolute atomic E-state index is 0.928. The summed E-state index contributed by atoms with van der Waals surface area (Å²) < 4.78 is 2.12. The van der Waals surface area contributed by atoms with E-state index in [9.17, 15) is 0 Å². The zero-order chi connectivity index (χ0) is 18.1. The predicted octanol–water partition coefficient (Wildman–Crippen LogP) is 5.64. The molecule has 1 heterocycles. The minimum atomic E-state index is 0.928. The van der Waals surface area contributed by atoms with Crippen LogP contribution in [0.15, 0.2) is 59.8 Å². The highest BCUT2D eigenvalue weighted by Crippen LogP contribution is 2.23. The highest BCUT2D eigenvalue weighted by atomic mass is 32.2. The normalized spacial score (nSPS) is 10.2. The van der Waals surface area contributed by atoms with Crippen LogP contribution >= 0.6 is 11.8 Å². The van der Waals surface area contributed by atoms with E-state index in [1.807, 2.05) is 39.0 Å². The molecule has 1 aromatic heterocycles. The van der Waals surface area contributed by atoms with Gasteiger partial charge in [-0.3, -0.25) is 4.57 Å². The lowest BCUT2D eigenvalue weighted by atomic mass is 10.1. The Bertz CT molecular complexity index is 766. The van der Waals surface area contributed by atoms with Gasteiger partial charge in [0.05, 0.1) is 0 Å². The van der Waals surface area contributed by atoms with Gasteiger partial charge in [0, 0.05) is 11.4 Å². The molecule has 0 atom stereocenters. The second-order valence-electron chi connectivity index (χ2n) is 5.58. The van der Waals surface area contributed by atoms with Gasteiger partial charge < -0.3 is 0 Å². The summed E-state index contributed by atoms with van der Waals surface area (Å²) in [6.07, 6.45) is 2.24. The van der Waals surface area contributed by atoms with Crippen LogP contribution < -0.4 is 0 Å². The zero-order valence-electron chi connectivity index (χ0n) is 15.6. The molecule has 0 unspecified atom stereocenters. The third-order valence-electron chi connectivity index (χ3n) is 3.89. The lowest BCUT2D eigenvalue weighted by Crippen LogP contribution is -1.99. The van der Waals surface area contributed by atoms with Crippen LogP contribution in [0.2, 0.25) is 0 Å². The largest absolute Gasteiger partial charge is 0.274 e. The fourth-order valence-electron chi connectivity index (χ4n) is 2.63. The molecule has 0 bridgehead atoms. The first-order chi connectivity index (χ1) is 12.3. The Hall–Kier alpha value is -2.07. The van der Waals surface area contributed by atoms with Crippen LogP contribution in [-0.4, -0.2) is 20.5 Å². The maximum Gasteiger partial charge on any atom is 0.195 e. The Balaban J connectivity index is 0.00000109. The Labute approximate surface area is 155 Å². The zero-order valence-corrected chi connectivity index (χ0v) is 16.4. The fraction of sp³-hybridized carbons (Fsp3) is 0.333. The third kappa shape index (κ3) is 5.20. The molecule has 0 spiro atoms. The van der Waals surface area contributed by atoms with Gasteiger partial charge in [-0.15, -0.1) is 10.2 Å². The molecule has 0 radical (unpaired) electrons. The molecule has 0 fully saturated rings. The van der Waals surface area contributed by atoms with Crippen LogP contribution in [0.25, 0.3) is 5.69 Å². The highest BCUT2D eigenvalue weighted by molar-refractivity contribution is 7.99. The maximum atomic E-state index is 4.33. The molecule has 2 aromatic carbocycles. The van der Waals surface area contributed by atoms with Crippen LogP contribution in [0, 0.1) is 13.8 Å². The van der Waals surface area contributed by atoms with Crippen LogP contribution in [-0.2, 0) is 6.42 Å². The van der Waals surface area contributed by atoms with Crippen molar-refractivity contribution in [3.63, 3.8) is 0 Å². The highest BCUT2D eigenvalue weighted by Gasteiger charge is 2.10. The minimum Gasteiger partial charge on any atom is -0.274 e. The number of rotatable bonds is 6. The Kier molecular flexibility index (Phi) is 7.74. The first-order valence-corrected chi connectivity index (χ1v) is 9.89. The third-order valence-corrected chi connectivity index (χ3v) is 4.91. The second kappa shape index (κ2) is 10.0. The van der Waals surface area contributed by atoms with E-state index in [1.54, 1.807) is 11.8 Å². The van der Waals surface area contributed by atoms with Gasteiger partial charge in [-0.1, -0.05) is 68.1 Å². The maximum absolute atomic E-state index is 4.33. The van der Waals surface area contributed by atoms with Gasteiger partial charge >= 0.3 is 0 Å². The summed E-state index contributed by atoms with van der Waals surface area (Å²) in [5.41, 5.74) is 3.94. The van der Waals surface area contributed by atoms with Gasteiger partial charge in [0.15, 0.2) is 5.16 Å². The summed E-state index contributed by atoms with van der Waals surface area (Å²) in [6, 6.07) is 18.9. The molecule has 3 aromatic rings. The van der Waals surface area contributed by atoms with E-state index in [4.69, 9.17) is 0 Å². The molecular formula is C21H27N3S. The first-order valence-electron chi connectivity index (χ1n) is 8.90. The molecule has 0 N–H and O–H groups in total. The van der Waals surface area contributed by atoms with Gasteiger partial charge in [-0.05, 0) is 49.9 Å². The van der Waals surface area contributed by atoms with Gasteiger partial charge in [-0.2, -0.15) is 0 Å². The van der Waals surface area contributed by atoms with Crippen molar-refractivity contribution < 1.29 is 0 Å². The number of hydrogen-bond donors (Lipinski definition) is 0. The van der Waals surface area contributed by atoms with E-state index in [-0.39, 0.29) is 0 Å². The molecule has 3 nitrogen and oxygen atoms in total. The lowest BCUT2D eigenvalue weighted by Gasteiger charge is -2.08. The molecule has 0 aliphatic heterocycles. The van der Waals surface area contributed by atoms with Crippen molar-refractivity contribution in [2.75, 3.05) is 5.75 Å². The van der Waals surface area contributed by atoms with Crippen LogP contribution in [0.3, 0.4) is 0 Å². The van der Waals surface area contributed by atoms with E-state index in [0.29, 0.717) is 0 Å². The lowest BCUT2D eigenvalue weighted by molar-refractivity contribution is 0.860. The van der Waals surface area contributed by atoms with E-state index in [2.05, 4.69) is 58.1 Å². The number of thioether (sulfide) groups is 1. The number of aryl methyl sites for hydroxylation is 3. The van der Waals surface area contributed by atoms with Crippen molar-refractivity contribution in [3.05, 3.63) is 71.5 Å². The Morgan fingerprint density at radius 1 is 0.880 bits per heavy atom. The fourth-order valence-corrected chi connectivity index (χ4v) is 3.56. The molecule has 4 heteroatoms. The summed E-state index contributed by atoms with van der Waals surface area (Å²) in [7, 11) is 0. The molecule has 0 saturated heterocycles. The topological polar surface area (TPSA) is 30.7 Å². The van der Waals surface area contributed by atoms with Crippen molar-refractivity contribution >= 4 is 11.8 Å². The van der Waals surface area contributed by atoms with Crippen molar-refractivity contribution in [1.29, 1.82) is 0 Å². The van der Waals surface area contributed by atoms with E-state index in [0.717, 1.165) is 35.3 Å². The van der Waals surface area contributed by atoms with Gasteiger partial charge in [0.25, 0.3) is 0 Å². The molecular weight excluding hydrogens is 326 g/mol. The number of benzene rings is 2. The van der Waals surface area contributed by atoms with E-state index in [1.165, 1.54) is 11.1 Å². The van der Waals surface area contributed by atoms with E-state index >= 15 is 0 Å². The molecule has 25 heavy (non-hydrogen) atoms. The molecule has 0 aliphatic carbocycles. The molecule has 0 aliphatic rings. The summed E-state index contributed by atoms with van der Waals surface area (Å²) >= 11 is 1.78. The molecule has 0 amide bonds. The van der Waals surface area contributed by atoms with Crippen molar-refractivity contribution in [2.45, 2.75) is 45.7 Å². The number of para-hydroxylation sites is 1. The number of nitrogens with zero attached hydrogens (tertiary/aromatic N) is 3. The monoisotopic (exact) mass is 353 g/mol. The number of hydrogen-bond acceptors (Lipinski definition) is 3. The second-order valence-corrected chi connectivity index (χ2v) is 6.64.